The van der Waals surface area contributed by atoms with Crippen LogP contribution in [0.3, 0.4) is 0 Å². The summed E-state index contributed by atoms with van der Waals surface area (Å²) in [5.74, 6) is -0.355. The van der Waals surface area contributed by atoms with Crippen molar-refractivity contribution in [3.8, 4) is 5.75 Å². The molecule has 0 heterocycles. The molecule has 9 heteroatoms. The number of carbonyl (C=O) groups is 1. The number of para-hydroxylation sites is 1. The molecule has 6 nitrogen and oxygen atoms in total. The van der Waals surface area contributed by atoms with Crippen molar-refractivity contribution in [2.24, 2.45) is 5.10 Å². The summed E-state index contributed by atoms with van der Waals surface area (Å²) in [7, 11) is -3.86. The molecule has 0 saturated heterocycles. The molecular formula is C20H14Cl2N2O4S. The third-order valence-electron chi connectivity index (χ3n) is 3.70. The fourth-order valence-electron chi connectivity index (χ4n) is 2.26. The Balaban J connectivity index is 1.74. The molecule has 29 heavy (non-hydrogen) atoms. The summed E-state index contributed by atoms with van der Waals surface area (Å²) >= 11 is 11.6. The number of benzene rings is 3. The van der Waals surface area contributed by atoms with Crippen LogP contribution >= 0.6 is 23.2 Å². The highest BCUT2D eigenvalue weighted by atomic mass is 35.5. The van der Waals surface area contributed by atoms with Crippen LogP contribution < -0.4 is 9.57 Å². The molecule has 0 unspecified atom stereocenters. The highest BCUT2D eigenvalue weighted by molar-refractivity contribution is 7.89. The first kappa shape index (κ1) is 20.9. The molecule has 0 fully saturated rings. The van der Waals surface area contributed by atoms with E-state index in [1.165, 1.54) is 30.5 Å². The maximum absolute atomic E-state index is 12.3. The Morgan fingerprint density at radius 2 is 1.48 bits per heavy atom. The minimum Gasteiger partial charge on any atom is -0.422 e. The molecule has 0 spiro atoms. The molecule has 0 aliphatic carbocycles. The van der Waals surface area contributed by atoms with E-state index in [2.05, 4.69) is 9.93 Å². The van der Waals surface area contributed by atoms with Crippen molar-refractivity contribution in [2.45, 2.75) is 4.90 Å². The summed E-state index contributed by atoms with van der Waals surface area (Å²) in [5, 5.41) is 4.68. The summed E-state index contributed by atoms with van der Waals surface area (Å²) < 4.78 is 29.9. The van der Waals surface area contributed by atoms with E-state index < -0.39 is 16.0 Å². The fraction of sp³-hybridized carbons (Fsp3) is 0. The SMILES string of the molecule is O=C(Oc1ccccc1/C=N\NS(=O)(=O)c1ccc(Cl)cc1)c1ccc(Cl)cc1. The largest absolute Gasteiger partial charge is 0.422 e. The van der Waals surface area contributed by atoms with E-state index in [1.807, 2.05) is 0 Å². The molecule has 0 aliphatic heterocycles. The van der Waals surface area contributed by atoms with E-state index in [9.17, 15) is 13.2 Å². The molecule has 0 amide bonds. The van der Waals surface area contributed by atoms with Crippen molar-refractivity contribution in [1.29, 1.82) is 0 Å². The molecule has 3 aromatic rings. The number of hydrogen-bond donors (Lipinski definition) is 1. The summed E-state index contributed by atoms with van der Waals surface area (Å²) in [5.41, 5.74) is 0.734. The predicted octanol–water partition coefficient (Wildman–Crippen LogP) is 4.53. The van der Waals surface area contributed by atoms with Gasteiger partial charge in [-0.25, -0.2) is 9.63 Å². The van der Waals surface area contributed by atoms with E-state index in [-0.39, 0.29) is 10.6 Å². The van der Waals surface area contributed by atoms with Crippen LogP contribution in [0.5, 0.6) is 5.75 Å². The van der Waals surface area contributed by atoms with E-state index in [0.717, 1.165) is 0 Å². The second kappa shape index (κ2) is 9.09. The number of hydrogen-bond acceptors (Lipinski definition) is 5. The summed E-state index contributed by atoms with van der Waals surface area (Å²) in [6, 6.07) is 18.5. The van der Waals surface area contributed by atoms with Gasteiger partial charge in [0.2, 0.25) is 0 Å². The number of ether oxygens (including phenoxy) is 1. The molecule has 0 aliphatic rings. The quantitative estimate of drug-likeness (QED) is 0.260. The molecule has 3 aromatic carbocycles. The molecular weight excluding hydrogens is 435 g/mol. The van der Waals surface area contributed by atoms with Gasteiger partial charge in [-0.15, -0.1) is 0 Å². The van der Waals surface area contributed by atoms with E-state index in [4.69, 9.17) is 27.9 Å². The van der Waals surface area contributed by atoms with Gasteiger partial charge in [0.05, 0.1) is 16.7 Å². The number of esters is 1. The highest BCUT2D eigenvalue weighted by Crippen LogP contribution is 2.19. The van der Waals surface area contributed by atoms with Gasteiger partial charge in [-0.2, -0.15) is 13.5 Å². The summed E-state index contributed by atoms with van der Waals surface area (Å²) in [6.07, 6.45) is 1.25. The van der Waals surface area contributed by atoms with Gasteiger partial charge in [0.25, 0.3) is 10.0 Å². The Hall–Kier alpha value is -2.87. The Morgan fingerprint density at radius 1 is 0.897 bits per heavy atom. The zero-order chi connectivity index (χ0) is 20.9. The molecule has 0 aromatic heterocycles. The van der Waals surface area contributed by atoms with Gasteiger partial charge in [-0.1, -0.05) is 35.3 Å². The van der Waals surface area contributed by atoms with Gasteiger partial charge in [0, 0.05) is 15.6 Å². The van der Waals surface area contributed by atoms with Crippen LogP contribution in [0, 0.1) is 0 Å². The first-order chi connectivity index (χ1) is 13.8. The Kier molecular flexibility index (Phi) is 6.53. The number of halogens is 2. The average Bonchev–Trinajstić information content (AvgIpc) is 2.70. The van der Waals surface area contributed by atoms with Crippen molar-refractivity contribution in [2.75, 3.05) is 0 Å². The third kappa shape index (κ3) is 5.57. The number of nitrogens with zero attached hydrogens (tertiary/aromatic N) is 1. The lowest BCUT2D eigenvalue weighted by atomic mass is 10.2. The van der Waals surface area contributed by atoms with Gasteiger partial charge in [0.15, 0.2) is 0 Å². The number of hydrazone groups is 1. The van der Waals surface area contributed by atoms with Gasteiger partial charge in [-0.3, -0.25) is 0 Å². The molecule has 0 bridgehead atoms. The lowest BCUT2D eigenvalue weighted by Crippen LogP contribution is -2.18. The van der Waals surface area contributed by atoms with Crippen molar-refractivity contribution in [3.63, 3.8) is 0 Å². The van der Waals surface area contributed by atoms with Gasteiger partial charge in [-0.05, 0) is 60.7 Å². The van der Waals surface area contributed by atoms with Crippen molar-refractivity contribution in [1.82, 2.24) is 4.83 Å². The second-order valence-electron chi connectivity index (χ2n) is 5.74. The Labute approximate surface area is 177 Å². The minimum atomic E-state index is -3.86. The van der Waals surface area contributed by atoms with Crippen LogP contribution in [-0.4, -0.2) is 20.6 Å². The molecule has 148 valence electrons. The van der Waals surface area contributed by atoms with Gasteiger partial charge >= 0.3 is 5.97 Å². The van der Waals surface area contributed by atoms with Crippen molar-refractivity contribution in [3.05, 3.63) is 94.0 Å². The monoisotopic (exact) mass is 448 g/mol. The van der Waals surface area contributed by atoms with Crippen LogP contribution in [0.2, 0.25) is 10.0 Å². The molecule has 3 rings (SSSR count). The first-order valence-corrected chi connectivity index (χ1v) is 10.5. The average molecular weight is 449 g/mol. The number of rotatable bonds is 6. The molecule has 0 radical (unpaired) electrons. The normalized spacial score (nSPS) is 11.4. The molecule has 0 atom stereocenters. The lowest BCUT2D eigenvalue weighted by molar-refractivity contribution is 0.0734. The van der Waals surface area contributed by atoms with E-state index in [0.29, 0.717) is 21.2 Å². The zero-order valence-electron chi connectivity index (χ0n) is 14.7. The van der Waals surface area contributed by atoms with Crippen LogP contribution in [-0.2, 0) is 10.0 Å². The number of carbonyl (C=O) groups excluding carboxylic acids is 1. The van der Waals surface area contributed by atoms with Gasteiger partial charge < -0.3 is 4.74 Å². The fourth-order valence-corrected chi connectivity index (χ4v) is 3.30. The first-order valence-electron chi connectivity index (χ1n) is 8.22. The Morgan fingerprint density at radius 3 is 2.14 bits per heavy atom. The van der Waals surface area contributed by atoms with E-state index >= 15 is 0 Å². The van der Waals surface area contributed by atoms with Crippen LogP contribution in [0.4, 0.5) is 0 Å². The number of sulfonamides is 1. The highest BCUT2D eigenvalue weighted by Gasteiger charge is 2.13. The maximum atomic E-state index is 12.3. The van der Waals surface area contributed by atoms with Crippen molar-refractivity contribution < 1.29 is 17.9 Å². The lowest BCUT2D eigenvalue weighted by Gasteiger charge is -2.07. The molecule has 0 saturated carbocycles. The predicted molar refractivity (Wildman–Crippen MR) is 112 cm³/mol. The number of nitrogens with one attached hydrogen (secondary N) is 1. The second-order valence-corrected chi connectivity index (χ2v) is 8.27. The Bertz CT molecular complexity index is 1150. The van der Waals surface area contributed by atoms with Crippen molar-refractivity contribution >= 4 is 45.4 Å². The maximum Gasteiger partial charge on any atom is 0.343 e. The van der Waals surface area contributed by atoms with Crippen LogP contribution in [0.15, 0.2) is 82.8 Å². The topological polar surface area (TPSA) is 84.8 Å². The van der Waals surface area contributed by atoms with Crippen LogP contribution in [0.25, 0.3) is 0 Å². The van der Waals surface area contributed by atoms with Gasteiger partial charge in [0.1, 0.15) is 5.75 Å². The zero-order valence-corrected chi connectivity index (χ0v) is 17.1. The summed E-state index contributed by atoms with van der Waals surface area (Å²) in [6.45, 7) is 0. The standard InChI is InChI=1S/C20H14Cl2N2O4S/c21-16-7-5-14(6-8-16)20(25)28-19-4-2-1-3-15(19)13-23-24-29(26,27)18-11-9-17(22)10-12-18/h1-13,24H/b23-13-. The molecule has 1 N–H and O–H groups in total. The van der Waals surface area contributed by atoms with Crippen LogP contribution in [0.1, 0.15) is 15.9 Å². The van der Waals surface area contributed by atoms with E-state index in [1.54, 1.807) is 48.5 Å². The minimum absolute atomic E-state index is 0.0153. The smallest absolute Gasteiger partial charge is 0.343 e. The third-order valence-corrected chi connectivity index (χ3v) is 5.44. The summed E-state index contributed by atoms with van der Waals surface area (Å²) in [4.78, 5) is 14.4.